The van der Waals surface area contributed by atoms with Gasteiger partial charge < -0.3 is 10.2 Å². The monoisotopic (exact) mass is 218 g/mol. The Hall–Kier alpha value is -2.45. The smallest absolute Gasteiger partial charge is 0.321 e. The zero-order valence-electron chi connectivity index (χ0n) is 6.88. The van der Waals surface area contributed by atoms with E-state index in [1.807, 2.05) is 0 Å². The van der Waals surface area contributed by atoms with E-state index < -0.39 is 38.5 Å². The summed E-state index contributed by atoms with van der Waals surface area (Å²) in [6.45, 7) is 0. The topological polar surface area (TPSA) is 127 Å². The Labute approximate surface area is 80.5 Å². The van der Waals surface area contributed by atoms with E-state index in [9.17, 15) is 24.6 Å². The highest BCUT2D eigenvalue weighted by atomic mass is 19.1. The maximum absolute atomic E-state index is 12.9. The van der Waals surface area contributed by atoms with E-state index in [-0.39, 0.29) is 6.07 Å². The summed E-state index contributed by atoms with van der Waals surface area (Å²) in [5.41, 5.74) is -2.37. The van der Waals surface area contributed by atoms with Crippen LogP contribution in [-0.4, -0.2) is 20.1 Å². The van der Waals surface area contributed by atoms with E-state index in [1.165, 1.54) is 0 Å². The minimum Gasteiger partial charge on any atom is -0.500 e. The molecule has 0 aliphatic heterocycles. The Kier molecular flexibility index (Phi) is 2.38. The lowest BCUT2D eigenvalue weighted by Gasteiger charge is -2.00. The van der Waals surface area contributed by atoms with E-state index >= 15 is 0 Å². The molecule has 80 valence electrons. The van der Waals surface area contributed by atoms with Crippen molar-refractivity contribution < 1.29 is 24.5 Å². The number of rotatable bonds is 2. The number of benzene rings is 1. The van der Waals surface area contributed by atoms with Crippen molar-refractivity contribution in [3.63, 3.8) is 0 Å². The van der Waals surface area contributed by atoms with Crippen LogP contribution in [0, 0.1) is 26.0 Å². The van der Waals surface area contributed by atoms with Crippen molar-refractivity contribution in [1.82, 2.24) is 0 Å². The largest absolute Gasteiger partial charge is 0.500 e. The van der Waals surface area contributed by atoms with Crippen molar-refractivity contribution in [2.75, 3.05) is 0 Å². The third-order valence-corrected chi connectivity index (χ3v) is 1.57. The van der Waals surface area contributed by atoms with Crippen LogP contribution < -0.4 is 0 Å². The van der Waals surface area contributed by atoms with Gasteiger partial charge in [0.25, 0.3) is 0 Å². The van der Waals surface area contributed by atoms with Gasteiger partial charge in [-0.05, 0) is 0 Å². The van der Waals surface area contributed by atoms with Gasteiger partial charge in [0.05, 0.1) is 9.85 Å². The Balaban J connectivity index is 3.59. The molecule has 0 atom stereocenters. The number of hydrogen-bond donors (Lipinski definition) is 2. The predicted molar refractivity (Wildman–Crippen MR) is 43.0 cm³/mol. The van der Waals surface area contributed by atoms with Crippen LogP contribution in [0.3, 0.4) is 0 Å². The first-order valence-electron chi connectivity index (χ1n) is 3.39. The van der Waals surface area contributed by atoms with Crippen LogP contribution in [0.2, 0.25) is 0 Å². The summed E-state index contributed by atoms with van der Waals surface area (Å²) in [5, 5.41) is 38.2. The van der Waals surface area contributed by atoms with Crippen LogP contribution in [0.1, 0.15) is 0 Å². The first-order valence-corrected chi connectivity index (χ1v) is 3.39. The van der Waals surface area contributed by atoms with Gasteiger partial charge in [-0.15, -0.1) is 0 Å². The van der Waals surface area contributed by atoms with Crippen LogP contribution in [-0.2, 0) is 0 Å². The molecule has 8 nitrogen and oxygen atoms in total. The summed E-state index contributed by atoms with van der Waals surface area (Å²) in [6, 6.07) is 0.272. The number of nitro groups is 2. The van der Waals surface area contributed by atoms with E-state index in [2.05, 4.69) is 0 Å². The molecule has 1 aromatic rings. The summed E-state index contributed by atoms with van der Waals surface area (Å²) >= 11 is 0. The highest BCUT2D eigenvalue weighted by Gasteiger charge is 2.30. The lowest BCUT2D eigenvalue weighted by Crippen LogP contribution is -1.96. The summed E-state index contributed by atoms with van der Waals surface area (Å²) in [7, 11) is 0. The Morgan fingerprint density at radius 2 is 1.40 bits per heavy atom. The van der Waals surface area contributed by atoms with Crippen molar-refractivity contribution in [2.24, 2.45) is 0 Å². The van der Waals surface area contributed by atoms with Crippen molar-refractivity contribution in [3.05, 3.63) is 32.1 Å². The molecule has 2 N–H and O–H groups in total. The number of phenolic OH excluding ortho intramolecular Hbond substituents is 2. The van der Waals surface area contributed by atoms with Gasteiger partial charge in [0.15, 0.2) is 0 Å². The SMILES string of the molecule is O=[N+]([O-])c1cc([N+](=O)[O-])c(O)c(F)c1O. The van der Waals surface area contributed by atoms with Crippen molar-refractivity contribution in [2.45, 2.75) is 0 Å². The van der Waals surface area contributed by atoms with Gasteiger partial charge in [-0.3, -0.25) is 20.2 Å². The highest BCUT2D eigenvalue weighted by Crippen LogP contribution is 2.40. The molecule has 15 heavy (non-hydrogen) atoms. The standard InChI is InChI=1S/C6H3FN2O6/c7-4-5(10)2(8(12)13)1-3(6(4)11)9(14)15/h1,10-11H. The number of aromatic hydroxyl groups is 2. The summed E-state index contributed by atoms with van der Waals surface area (Å²) in [4.78, 5) is 18.1. The fourth-order valence-corrected chi connectivity index (χ4v) is 0.882. The van der Waals surface area contributed by atoms with Gasteiger partial charge in [0.1, 0.15) is 6.07 Å². The Bertz CT molecular complexity index is 421. The van der Waals surface area contributed by atoms with Crippen molar-refractivity contribution in [1.29, 1.82) is 0 Å². The van der Waals surface area contributed by atoms with Crippen molar-refractivity contribution >= 4 is 11.4 Å². The van der Waals surface area contributed by atoms with Crippen molar-refractivity contribution in [3.8, 4) is 11.5 Å². The normalized spacial score (nSPS) is 9.93. The molecule has 0 unspecified atom stereocenters. The highest BCUT2D eigenvalue weighted by molar-refractivity contribution is 5.61. The van der Waals surface area contributed by atoms with Crippen LogP contribution in [0.15, 0.2) is 6.07 Å². The predicted octanol–water partition coefficient (Wildman–Crippen LogP) is 1.05. The minimum atomic E-state index is -1.80. The molecular weight excluding hydrogens is 215 g/mol. The number of hydrogen-bond acceptors (Lipinski definition) is 6. The fraction of sp³-hybridized carbons (Fsp3) is 0. The van der Waals surface area contributed by atoms with E-state index in [0.29, 0.717) is 0 Å². The van der Waals surface area contributed by atoms with Crippen LogP contribution in [0.5, 0.6) is 11.5 Å². The third-order valence-electron chi connectivity index (χ3n) is 1.57. The molecule has 0 bridgehead atoms. The molecule has 0 radical (unpaired) electrons. The second-order valence-electron chi connectivity index (χ2n) is 2.44. The second kappa shape index (κ2) is 3.36. The third kappa shape index (κ3) is 1.61. The first kappa shape index (κ1) is 10.6. The average molecular weight is 218 g/mol. The fourth-order valence-electron chi connectivity index (χ4n) is 0.882. The average Bonchev–Trinajstić information content (AvgIpc) is 2.13. The van der Waals surface area contributed by atoms with Gasteiger partial charge in [-0.2, -0.15) is 4.39 Å². The molecule has 0 amide bonds. The molecule has 9 heteroatoms. The lowest BCUT2D eigenvalue weighted by atomic mass is 10.2. The molecule has 0 saturated heterocycles. The van der Waals surface area contributed by atoms with Gasteiger partial charge in [-0.1, -0.05) is 0 Å². The van der Waals surface area contributed by atoms with E-state index in [0.717, 1.165) is 0 Å². The second-order valence-corrected chi connectivity index (χ2v) is 2.44. The zero-order chi connectivity index (χ0) is 11.7. The first-order chi connectivity index (χ1) is 6.86. The summed E-state index contributed by atoms with van der Waals surface area (Å²) in [5.74, 6) is -4.68. The molecule has 0 aliphatic rings. The van der Waals surface area contributed by atoms with Crippen LogP contribution in [0.4, 0.5) is 15.8 Å². The molecule has 0 saturated carbocycles. The summed E-state index contributed by atoms with van der Waals surface area (Å²) in [6.07, 6.45) is 0. The number of nitro benzene ring substituents is 2. The molecule has 1 aromatic carbocycles. The molecular formula is C6H3FN2O6. The lowest BCUT2D eigenvalue weighted by molar-refractivity contribution is -0.395. The summed E-state index contributed by atoms with van der Waals surface area (Å²) < 4.78 is 12.9. The zero-order valence-corrected chi connectivity index (χ0v) is 6.88. The number of nitrogens with zero attached hydrogens (tertiary/aromatic N) is 2. The van der Waals surface area contributed by atoms with Crippen LogP contribution in [0.25, 0.3) is 0 Å². The van der Waals surface area contributed by atoms with Gasteiger partial charge in [0, 0.05) is 0 Å². The van der Waals surface area contributed by atoms with E-state index in [4.69, 9.17) is 10.2 Å². The Morgan fingerprint density at radius 3 is 1.67 bits per heavy atom. The van der Waals surface area contributed by atoms with Crippen LogP contribution >= 0.6 is 0 Å². The maximum atomic E-state index is 12.9. The molecule has 0 heterocycles. The van der Waals surface area contributed by atoms with Gasteiger partial charge in [0.2, 0.25) is 17.3 Å². The number of halogens is 1. The minimum absolute atomic E-state index is 0.272. The van der Waals surface area contributed by atoms with E-state index in [1.54, 1.807) is 0 Å². The Morgan fingerprint density at radius 1 is 1.07 bits per heavy atom. The van der Waals surface area contributed by atoms with Gasteiger partial charge >= 0.3 is 11.4 Å². The van der Waals surface area contributed by atoms with Gasteiger partial charge in [-0.25, -0.2) is 0 Å². The maximum Gasteiger partial charge on any atom is 0.321 e. The quantitative estimate of drug-likeness (QED) is 0.564. The molecule has 0 spiro atoms. The number of phenols is 2. The molecule has 1 rings (SSSR count). The molecule has 0 aliphatic carbocycles. The molecule has 0 fully saturated rings. The molecule has 0 aromatic heterocycles.